The largest absolute Gasteiger partial charge is 0.507 e. The minimum Gasteiger partial charge on any atom is -0.507 e. The Morgan fingerprint density at radius 3 is 3.00 bits per heavy atom. The van der Waals surface area contributed by atoms with Gasteiger partial charge < -0.3 is 14.9 Å². The van der Waals surface area contributed by atoms with Crippen LogP contribution < -0.4 is 0 Å². The van der Waals surface area contributed by atoms with E-state index in [-0.39, 0.29) is 18.0 Å². The summed E-state index contributed by atoms with van der Waals surface area (Å²) in [5, 5.41) is 18.8. The quantitative estimate of drug-likeness (QED) is 0.802. The maximum atomic E-state index is 11.8. The second kappa shape index (κ2) is 5.40. The zero-order valence-corrected chi connectivity index (χ0v) is 10.4. The van der Waals surface area contributed by atoms with Crippen LogP contribution in [-0.4, -0.2) is 28.4 Å². The predicted molar refractivity (Wildman–Crippen MR) is 66.5 cm³/mol. The minimum atomic E-state index is -0.448. The fraction of sp³-hybridized carbons (Fsp3) is 0.500. The van der Waals surface area contributed by atoms with E-state index in [0.717, 1.165) is 18.4 Å². The molecule has 2 N–H and O–H groups in total. The topological polar surface area (TPSA) is 66.8 Å². The molecule has 0 aliphatic carbocycles. The van der Waals surface area contributed by atoms with Crippen molar-refractivity contribution in [1.29, 1.82) is 0 Å². The van der Waals surface area contributed by atoms with Crippen molar-refractivity contribution in [2.75, 3.05) is 0 Å². The lowest BCUT2D eigenvalue weighted by Crippen LogP contribution is -2.27. The number of phenolic OH excluding ortho intramolecular Hbond substituents is 1. The van der Waals surface area contributed by atoms with Gasteiger partial charge in [-0.1, -0.05) is 12.1 Å². The van der Waals surface area contributed by atoms with Gasteiger partial charge in [0, 0.05) is 6.42 Å². The fourth-order valence-electron chi connectivity index (χ4n) is 2.29. The van der Waals surface area contributed by atoms with Gasteiger partial charge in [-0.15, -0.1) is 0 Å². The molecule has 0 radical (unpaired) electrons. The van der Waals surface area contributed by atoms with E-state index in [9.17, 15) is 15.0 Å². The number of cyclic esters (lactones) is 1. The Labute approximate surface area is 106 Å². The number of esters is 1. The number of carbonyl (C=O) groups excluding carboxylic acids is 1. The lowest BCUT2D eigenvalue weighted by atomic mass is 9.95. The van der Waals surface area contributed by atoms with Crippen molar-refractivity contribution in [1.82, 2.24) is 0 Å². The molecule has 4 heteroatoms. The summed E-state index contributed by atoms with van der Waals surface area (Å²) in [5.41, 5.74) is 1.14. The third-order valence-corrected chi connectivity index (χ3v) is 3.20. The maximum Gasteiger partial charge on any atom is 0.342 e. The Morgan fingerprint density at radius 1 is 1.50 bits per heavy atom. The van der Waals surface area contributed by atoms with Gasteiger partial charge in [0.2, 0.25) is 0 Å². The van der Waals surface area contributed by atoms with Crippen molar-refractivity contribution >= 4 is 5.97 Å². The number of benzene rings is 1. The standard InChI is InChI=1S/C14H18O4/c1-9(15)4-2-6-11-8-10-5-3-7-12(16)13(10)14(17)18-11/h3,5,7,9,11,15-16H,2,4,6,8H2,1H3/t9-,11+/m0/s1. The fourth-order valence-corrected chi connectivity index (χ4v) is 2.29. The predicted octanol–water partition coefficient (Wildman–Crippen LogP) is 2.02. The van der Waals surface area contributed by atoms with Crippen LogP contribution in [0.4, 0.5) is 0 Å². The normalized spacial score (nSPS) is 20.1. The number of aliphatic hydroxyl groups excluding tert-OH is 1. The molecule has 2 atom stereocenters. The van der Waals surface area contributed by atoms with Crippen LogP contribution in [0.3, 0.4) is 0 Å². The molecule has 0 aromatic heterocycles. The highest BCUT2D eigenvalue weighted by molar-refractivity contribution is 5.95. The van der Waals surface area contributed by atoms with Gasteiger partial charge in [0.05, 0.1) is 6.10 Å². The van der Waals surface area contributed by atoms with E-state index in [1.807, 2.05) is 6.07 Å². The SMILES string of the molecule is C[C@H](O)CCC[C@@H]1Cc2cccc(O)c2C(=O)O1. The molecule has 0 saturated heterocycles. The monoisotopic (exact) mass is 250 g/mol. The van der Waals surface area contributed by atoms with E-state index in [1.165, 1.54) is 6.07 Å². The summed E-state index contributed by atoms with van der Waals surface area (Å²) in [6.07, 6.45) is 2.44. The molecule has 0 saturated carbocycles. The first-order valence-corrected chi connectivity index (χ1v) is 6.28. The molecule has 0 amide bonds. The first kappa shape index (κ1) is 12.9. The van der Waals surface area contributed by atoms with Crippen LogP contribution in [0.5, 0.6) is 5.75 Å². The van der Waals surface area contributed by atoms with Crippen molar-refractivity contribution < 1.29 is 19.7 Å². The average molecular weight is 250 g/mol. The molecule has 1 aliphatic heterocycles. The van der Waals surface area contributed by atoms with E-state index in [2.05, 4.69) is 0 Å². The number of hydrogen-bond acceptors (Lipinski definition) is 4. The van der Waals surface area contributed by atoms with Crippen LogP contribution in [0.25, 0.3) is 0 Å². The van der Waals surface area contributed by atoms with Gasteiger partial charge in [-0.25, -0.2) is 4.79 Å². The van der Waals surface area contributed by atoms with Crippen molar-refractivity contribution in [3.63, 3.8) is 0 Å². The number of carbonyl (C=O) groups is 1. The van der Waals surface area contributed by atoms with Crippen molar-refractivity contribution in [3.05, 3.63) is 29.3 Å². The van der Waals surface area contributed by atoms with Gasteiger partial charge in [0.25, 0.3) is 0 Å². The summed E-state index contributed by atoms with van der Waals surface area (Å²) < 4.78 is 5.29. The summed E-state index contributed by atoms with van der Waals surface area (Å²) in [6, 6.07) is 5.07. The molecule has 98 valence electrons. The summed E-state index contributed by atoms with van der Waals surface area (Å²) in [5.74, 6) is -0.462. The van der Waals surface area contributed by atoms with Gasteiger partial charge in [-0.2, -0.15) is 0 Å². The molecule has 0 spiro atoms. The van der Waals surface area contributed by atoms with Gasteiger partial charge in [0.1, 0.15) is 17.4 Å². The van der Waals surface area contributed by atoms with Crippen LogP contribution in [-0.2, 0) is 11.2 Å². The van der Waals surface area contributed by atoms with E-state index in [0.29, 0.717) is 18.4 Å². The van der Waals surface area contributed by atoms with Crippen molar-refractivity contribution in [2.24, 2.45) is 0 Å². The highest BCUT2D eigenvalue weighted by Gasteiger charge is 2.28. The molecule has 0 bridgehead atoms. The van der Waals surface area contributed by atoms with Crippen LogP contribution >= 0.6 is 0 Å². The number of rotatable bonds is 4. The summed E-state index contributed by atoms with van der Waals surface area (Å²) in [6.45, 7) is 1.75. The van der Waals surface area contributed by atoms with E-state index in [1.54, 1.807) is 13.0 Å². The molecule has 4 nitrogen and oxygen atoms in total. The molecule has 18 heavy (non-hydrogen) atoms. The smallest absolute Gasteiger partial charge is 0.342 e. The maximum absolute atomic E-state index is 11.8. The van der Waals surface area contributed by atoms with Gasteiger partial charge in [0.15, 0.2) is 0 Å². The van der Waals surface area contributed by atoms with Gasteiger partial charge in [-0.05, 0) is 37.8 Å². The van der Waals surface area contributed by atoms with Crippen LogP contribution in [0, 0.1) is 0 Å². The Kier molecular flexibility index (Phi) is 3.87. The zero-order chi connectivity index (χ0) is 13.1. The molecular formula is C14H18O4. The molecule has 0 fully saturated rings. The lowest BCUT2D eigenvalue weighted by molar-refractivity contribution is 0.0221. The second-order valence-corrected chi connectivity index (χ2v) is 4.82. The van der Waals surface area contributed by atoms with Crippen LogP contribution in [0.1, 0.15) is 42.1 Å². The van der Waals surface area contributed by atoms with Crippen LogP contribution in [0.2, 0.25) is 0 Å². The van der Waals surface area contributed by atoms with E-state index in [4.69, 9.17) is 4.74 Å². The third-order valence-electron chi connectivity index (χ3n) is 3.20. The molecule has 1 aromatic rings. The highest BCUT2D eigenvalue weighted by Crippen LogP contribution is 2.29. The number of ether oxygens (including phenoxy) is 1. The zero-order valence-electron chi connectivity index (χ0n) is 10.4. The van der Waals surface area contributed by atoms with Gasteiger partial charge in [-0.3, -0.25) is 0 Å². The highest BCUT2D eigenvalue weighted by atomic mass is 16.5. The molecule has 1 heterocycles. The molecule has 1 aliphatic rings. The Bertz CT molecular complexity index is 439. The number of aromatic hydroxyl groups is 1. The van der Waals surface area contributed by atoms with E-state index < -0.39 is 5.97 Å². The summed E-state index contributed by atoms with van der Waals surface area (Å²) in [4.78, 5) is 11.8. The molecule has 1 aromatic carbocycles. The average Bonchev–Trinajstić information content (AvgIpc) is 2.28. The number of phenols is 1. The Morgan fingerprint density at radius 2 is 2.28 bits per heavy atom. The van der Waals surface area contributed by atoms with Crippen molar-refractivity contribution in [3.8, 4) is 5.75 Å². The second-order valence-electron chi connectivity index (χ2n) is 4.82. The molecular weight excluding hydrogens is 232 g/mol. The molecule has 2 rings (SSSR count). The first-order chi connectivity index (χ1) is 8.58. The van der Waals surface area contributed by atoms with Gasteiger partial charge >= 0.3 is 5.97 Å². The Hall–Kier alpha value is -1.55. The molecule has 0 unspecified atom stereocenters. The first-order valence-electron chi connectivity index (χ1n) is 6.28. The van der Waals surface area contributed by atoms with E-state index >= 15 is 0 Å². The Balaban J connectivity index is 2.02. The summed E-state index contributed by atoms with van der Waals surface area (Å²) in [7, 11) is 0. The minimum absolute atomic E-state index is 0.0140. The number of hydrogen-bond donors (Lipinski definition) is 2. The van der Waals surface area contributed by atoms with Crippen LogP contribution in [0.15, 0.2) is 18.2 Å². The third kappa shape index (κ3) is 2.82. The lowest BCUT2D eigenvalue weighted by Gasteiger charge is -2.25. The number of fused-ring (bicyclic) bond motifs is 1. The van der Waals surface area contributed by atoms with Crippen molar-refractivity contribution in [2.45, 2.75) is 44.8 Å². The summed E-state index contributed by atoms with van der Waals surface area (Å²) >= 11 is 0. The number of aliphatic hydroxyl groups is 1.